The molecule has 0 spiro atoms. The molecule has 0 aliphatic rings. The first kappa shape index (κ1) is 21.0. The Morgan fingerprint density at radius 2 is 1.74 bits per heavy atom. The molecule has 2 aromatic carbocycles. The van der Waals surface area contributed by atoms with Crippen molar-refractivity contribution in [3.8, 4) is 5.75 Å². The van der Waals surface area contributed by atoms with E-state index < -0.39 is 11.7 Å². The second-order valence-corrected chi connectivity index (χ2v) is 6.34. The molecule has 0 radical (unpaired) electrons. The van der Waals surface area contributed by atoms with Crippen LogP contribution in [0.15, 0.2) is 41.4 Å². The van der Waals surface area contributed by atoms with Gasteiger partial charge in [0, 0.05) is 11.3 Å². The number of nitrogens with zero attached hydrogens (tertiary/aromatic N) is 1. The van der Waals surface area contributed by atoms with E-state index in [9.17, 15) is 13.2 Å². The minimum atomic E-state index is -4.41. The minimum absolute atomic E-state index is 0.0482. The van der Waals surface area contributed by atoms with Gasteiger partial charge >= 0.3 is 6.18 Å². The number of hydrogen-bond donors (Lipinski definition) is 0. The van der Waals surface area contributed by atoms with E-state index in [1.807, 2.05) is 38.1 Å². The van der Waals surface area contributed by atoms with Crippen molar-refractivity contribution in [3.63, 3.8) is 0 Å². The molecule has 0 aromatic heterocycles. The largest absolute Gasteiger partial charge is 0.497 e. The maximum absolute atomic E-state index is 13.2. The van der Waals surface area contributed by atoms with Gasteiger partial charge < -0.3 is 9.47 Å². The fourth-order valence-corrected chi connectivity index (χ4v) is 2.56. The van der Waals surface area contributed by atoms with E-state index in [4.69, 9.17) is 9.47 Å². The first-order valence-corrected chi connectivity index (χ1v) is 8.70. The van der Waals surface area contributed by atoms with E-state index in [-0.39, 0.29) is 13.2 Å². The molecule has 0 amide bonds. The van der Waals surface area contributed by atoms with Crippen LogP contribution in [0.4, 0.5) is 18.9 Å². The van der Waals surface area contributed by atoms with Crippen LogP contribution in [0.25, 0.3) is 0 Å². The summed E-state index contributed by atoms with van der Waals surface area (Å²) in [4.78, 5) is 4.50. The highest BCUT2D eigenvalue weighted by Gasteiger charge is 2.31. The Balaban J connectivity index is 2.24. The van der Waals surface area contributed by atoms with Crippen LogP contribution in [0.3, 0.4) is 0 Å². The summed E-state index contributed by atoms with van der Waals surface area (Å²) in [5.74, 6) is 0.735. The number of hydrogen-bond acceptors (Lipinski definition) is 3. The number of methoxy groups -OCH3 is 1. The summed E-state index contributed by atoms with van der Waals surface area (Å²) in [5, 5.41) is 0. The van der Waals surface area contributed by atoms with Gasteiger partial charge in [0.25, 0.3) is 0 Å². The van der Waals surface area contributed by atoms with Gasteiger partial charge in [-0.3, -0.25) is 4.99 Å². The predicted octanol–water partition coefficient (Wildman–Crippen LogP) is 6.24. The molecule has 0 bridgehead atoms. The number of benzene rings is 2. The standard InChI is InChI=1S/C21H24F3NO2/c1-5-15(3)25-20-14(2)10-18(21(22,23)24)11-17(20)13-27-12-16-6-8-19(26-4)9-7-16/h6-11H,5,12-13H2,1-4H3. The Morgan fingerprint density at radius 1 is 1.07 bits per heavy atom. The van der Waals surface area contributed by atoms with E-state index in [1.165, 1.54) is 0 Å². The maximum Gasteiger partial charge on any atom is 0.416 e. The number of halogens is 3. The molecule has 0 N–H and O–H groups in total. The summed E-state index contributed by atoms with van der Waals surface area (Å²) < 4.78 is 50.3. The van der Waals surface area contributed by atoms with Gasteiger partial charge in [0.2, 0.25) is 0 Å². The second kappa shape index (κ2) is 9.04. The second-order valence-electron chi connectivity index (χ2n) is 6.34. The predicted molar refractivity (Wildman–Crippen MR) is 101 cm³/mol. The van der Waals surface area contributed by atoms with Crippen LogP contribution in [-0.4, -0.2) is 12.8 Å². The lowest BCUT2D eigenvalue weighted by Crippen LogP contribution is -2.07. The first-order chi connectivity index (χ1) is 12.7. The summed E-state index contributed by atoms with van der Waals surface area (Å²) >= 11 is 0. The molecule has 6 heteroatoms. The third kappa shape index (κ3) is 5.82. The van der Waals surface area contributed by atoms with Gasteiger partial charge in [-0.05, 0) is 55.7 Å². The van der Waals surface area contributed by atoms with Crippen molar-refractivity contribution in [1.82, 2.24) is 0 Å². The van der Waals surface area contributed by atoms with Gasteiger partial charge in [-0.15, -0.1) is 0 Å². The summed E-state index contributed by atoms with van der Waals surface area (Å²) in [7, 11) is 1.59. The van der Waals surface area contributed by atoms with Crippen LogP contribution < -0.4 is 4.74 Å². The van der Waals surface area contributed by atoms with Crippen LogP contribution in [0, 0.1) is 6.92 Å². The van der Waals surface area contributed by atoms with Gasteiger partial charge in [0.15, 0.2) is 0 Å². The minimum Gasteiger partial charge on any atom is -0.497 e. The third-order valence-electron chi connectivity index (χ3n) is 4.21. The lowest BCUT2D eigenvalue weighted by atomic mass is 10.0. The third-order valence-corrected chi connectivity index (χ3v) is 4.21. The zero-order valence-corrected chi connectivity index (χ0v) is 16.0. The topological polar surface area (TPSA) is 30.8 Å². The highest BCUT2D eigenvalue weighted by Crippen LogP contribution is 2.35. The molecule has 0 unspecified atom stereocenters. The number of rotatable bonds is 7. The zero-order valence-electron chi connectivity index (χ0n) is 16.0. The van der Waals surface area contributed by atoms with Crippen molar-refractivity contribution in [2.75, 3.05) is 7.11 Å². The summed E-state index contributed by atoms with van der Waals surface area (Å²) in [6, 6.07) is 9.60. The number of ether oxygens (including phenoxy) is 2. The molecule has 0 aliphatic carbocycles. The Morgan fingerprint density at radius 3 is 2.30 bits per heavy atom. The van der Waals surface area contributed by atoms with Crippen LogP contribution in [-0.2, 0) is 24.1 Å². The highest BCUT2D eigenvalue weighted by atomic mass is 19.4. The Kier molecular flexibility index (Phi) is 7.02. The summed E-state index contributed by atoms with van der Waals surface area (Å²) in [6.45, 7) is 5.79. The molecule has 27 heavy (non-hydrogen) atoms. The van der Waals surface area contributed by atoms with E-state index in [0.717, 1.165) is 35.6 Å². The summed E-state index contributed by atoms with van der Waals surface area (Å²) in [6.07, 6.45) is -3.68. The Labute approximate surface area is 157 Å². The van der Waals surface area contributed by atoms with Gasteiger partial charge in [0.1, 0.15) is 5.75 Å². The van der Waals surface area contributed by atoms with Gasteiger partial charge in [-0.2, -0.15) is 13.2 Å². The van der Waals surface area contributed by atoms with Crippen LogP contribution in [0.2, 0.25) is 0 Å². The van der Waals surface area contributed by atoms with Crippen molar-refractivity contribution in [2.45, 2.75) is 46.6 Å². The van der Waals surface area contributed by atoms with Crippen LogP contribution in [0.1, 0.15) is 42.5 Å². The smallest absolute Gasteiger partial charge is 0.416 e. The SMILES string of the molecule is CCC(C)=Nc1c(C)cc(C(F)(F)F)cc1COCc1ccc(OC)cc1. The van der Waals surface area contributed by atoms with E-state index in [0.29, 0.717) is 16.8 Å². The van der Waals surface area contributed by atoms with Crippen LogP contribution in [0.5, 0.6) is 5.75 Å². The molecule has 0 saturated carbocycles. The summed E-state index contributed by atoms with van der Waals surface area (Å²) in [5.41, 5.74) is 2.56. The zero-order chi connectivity index (χ0) is 20.0. The normalized spacial score (nSPS) is 12.3. The average Bonchev–Trinajstić information content (AvgIpc) is 2.63. The number of alkyl halides is 3. The lowest BCUT2D eigenvalue weighted by Gasteiger charge is -2.15. The Bertz CT molecular complexity index is 796. The average molecular weight is 379 g/mol. The Hall–Kier alpha value is -2.34. The number of aliphatic imine (C=N–C) groups is 1. The molecule has 0 atom stereocenters. The maximum atomic E-state index is 13.2. The highest BCUT2D eigenvalue weighted by molar-refractivity contribution is 5.85. The van der Waals surface area contributed by atoms with E-state index >= 15 is 0 Å². The molecule has 3 nitrogen and oxygen atoms in total. The molecule has 0 fully saturated rings. The van der Waals surface area contributed by atoms with E-state index in [2.05, 4.69) is 4.99 Å². The fraction of sp³-hybridized carbons (Fsp3) is 0.381. The van der Waals surface area contributed by atoms with Crippen molar-refractivity contribution in [3.05, 3.63) is 58.7 Å². The molecule has 0 aliphatic heterocycles. The monoisotopic (exact) mass is 379 g/mol. The molecular formula is C21H24F3NO2. The molecule has 0 heterocycles. The lowest BCUT2D eigenvalue weighted by molar-refractivity contribution is -0.137. The van der Waals surface area contributed by atoms with Crippen molar-refractivity contribution in [2.24, 2.45) is 4.99 Å². The van der Waals surface area contributed by atoms with Crippen molar-refractivity contribution in [1.29, 1.82) is 0 Å². The quantitative estimate of drug-likeness (QED) is 0.533. The first-order valence-electron chi connectivity index (χ1n) is 8.70. The van der Waals surface area contributed by atoms with Crippen molar-refractivity contribution < 1.29 is 22.6 Å². The van der Waals surface area contributed by atoms with Gasteiger partial charge in [-0.1, -0.05) is 19.1 Å². The molecule has 0 saturated heterocycles. The van der Waals surface area contributed by atoms with Crippen molar-refractivity contribution >= 4 is 11.4 Å². The molecular weight excluding hydrogens is 355 g/mol. The number of aryl methyl sites for hydroxylation is 1. The van der Waals surface area contributed by atoms with Gasteiger partial charge in [-0.25, -0.2) is 0 Å². The van der Waals surface area contributed by atoms with Crippen LogP contribution >= 0.6 is 0 Å². The molecule has 146 valence electrons. The fourth-order valence-electron chi connectivity index (χ4n) is 2.56. The van der Waals surface area contributed by atoms with E-state index in [1.54, 1.807) is 14.0 Å². The van der Waals surface area contributed by atoms with Gasteiger partial charge in [0.05, 0.1) is 31.6 Å². The molecule has 2 aromatic rings. The molecule has 2 rings (SSSR count).